The van der Waals surface area contributed by atoms with Gasteiger partial charge in [-0.2, -0.15) is 0 Å². The normalized spacial score (nSPS) is 11.9. The predicted octanol–water partition coefficient (Wildman–Crippen LogP) is 1.95. The Bertz CT molecular complexity index is 339. The van der Waals surface area contributed by atoms with Crippen molar-refractivity contribution in [3.05, 3.63) is 22.4 Å². The summed E-state index contributed by atoms with van der Waals surface area (Å²) in [4.78, 5) is 23.2. The zero-order valence-corrected chi connectivity index (χ0v) is 9.60. The first kappa shape index (κ1) is 12.0. The number of nitrogens with one attached hydrogen (secondary N) is 1. The van der Waals surface area contributed by atoms with E-state index in [0.717, 1.165) is 4.88 Å². The molecule has 15 heavy (non-hydrogen) atoms. The van der Waals surface area contributed by atoms with Crippen LogP contribution in [0.25, 0.3) is 0 Å². The van der Waals surface area contributed by atoms with E-state index in [1.54, 1.807) is 12.1 Å². The van der Waals surface area contributed by atoms with Gasteiger partial charge in [-0.25, -0.2) is 4.79 Å². The Balaban J connectivity index is 2.79. The quantitative estimate of drug-likeness (QED) is 0.828. The molecule has 0 aliphatic heterocycles. The highest BCUT2D eigenvalue weighted by molar-refractivity contribution is 7.10. The number of halogens is 1. The molecule has 82 valence electrons. The third kappa shape index (κ3) is 3.21. The summed E-state index contributed by atoms with van der Waals surface area (Å²) < 4.78 is 4.43. The number of ether oxygens (including phenoxy) is 1. The first-order valence-electron chi connectivity index (χ1n) is 4.15. The molecule has 1 unspecified atom stereocenters. The molecule has 1 rings (SSSR count). The minimum absolute atomic E-state index is 0.146. The second-order valence-corrected chi connectivity index (χ2v) is 3.93. The lowest BCUT2D eigenvalue weighted by Gasteiger charge is -2.13. The third-order valence-electron chi connectivity index (χ3n) is 1.73. The maximum absolute atomic E-state index is 11.5. The van der Waals surface area contributed by atoms with Crippen LogP contribution in [0.1, 0.15) is 10.9 Å². The molecule has 0 saturated heterocycles. The Morgan fingerprint density at radius 3 is 2.87 bits per heavy atom. The average Bonchev–Trinajstić information content (AvgIpc) is 2.77. The van der Waals surface area contributed by atoms with Gasteiger partial charge in [0, 0.05) is 4.88 Å². The largest absolute Gasteiger partial charge is 0.453 e. The number of rotatable bonds is 4. The van der Waals surface area contributed by atoms with Crippen LogP contribution in [0.4, 0.5) is 4.79 Å². The number of ketones is 1. The molecule has 1 amide bonds. The van der Waals surface area contributed by atoms with Crippen molar-refractivity contribution in [2.24, 2.45) is 0 Å². The Labute approximate surface area is 96.2 Å². The molecule has 0 aliphatic carbocycles. The number of carbonyl (C=O) groups is 2. The van der Waals surface area contributed by atoms with E-state index in [1.807, 2.05) is 5.38 Å². The minimum atomic E-state index is -0.713. The fraction of sp³-hybridized carbons (Fsp3) is 0.333. The number of hydrogen-bond donors (Lipinski definition) is 1. The molecule has 0 saturated carbocycles. The monoisotopic (exact) mass is 247 g/mol. The van der Waals surface area contributed by atoms with Gasteiger partial charge in [0.1, 0.15) is 6.04 Å². The van der Waals surface area contributed by atoms with E-state index in [-0.39, 0.29) is 11.7 Å². The minimum Gasteiger partial charge on any atom is -0.453 e. The van der Waals surface area contributed by atoms with Crippen LogP contribution in [-0.2, 0) is 9.53 Å². The van der Waals surface area contributed by atoms with Gasteiger partial charge in [0.05, 0.1) is 13.0 Å². The molecule has 6 heteroatoms. The summed E-state index contributed by atoms with van der Waals surface area (Å²) in [5.74, 6) is -0.406. The lowest BCUT2D eigenvalue weighted by molar-refractivity contribution is -0.118. The van der Waals surface area contributed by atoms with Crippen LogP contribution in [0, 0.1) is 0 Å². The number of hydrogen-bond acceptors (Lipinski definition) is 4. The molecule has 1 atom stereocenters. The lowest BCUT2D eigenvalue weighted by atomic mass is 10.2. The molecule has 0 aliphatic rings. The van der Waals surface area contributed by atoms with Gasteiger partial charge >= 0.3 is 6.09 Å². The predicted molar refractivity (Wildman–Crippen MR) is 58.3 cm³/mol. The van der Waals surface area contributed by atoms with Crippen molar-refractivity contribution in [1.82, 2.24) is 5.32 Å². The van der Waals surface area contributed by atoms with Crippen molar-refractivity contribution in [3.63, 3.8) is 0 Å². The van der Waals surface area contributed by atoms with Crippen molar-refractivity contribution in [3.8, 4) is 0 Å². The van der Waals surface area contributed by atoms with Gasteiger partial charge < -0.3 is 10.1 Å². The highest BCUT2D eigenvalue weighted by Gasteiger charge is 2.22. The Hall–Kier alpha value is -1.07. The molecule has 0 radical (unpaired) electrons. The SMILES string of the molecule is COC(=O)NC(C(=O)CCl)c1cccs1. The summed E-state index contributed by atoms with van der Waals surface area (Å²) in [5, 5.41) is 4.26. The Morgan fingerprint density at radius 2 is 2.40 bits per heavy atom. The van der Waals surface area contributed by atoms with Crippen LogP contribution >= 0.6 is 22.9 Å². The number of carbonyl (C=O) groups excluding carboxylic acids is 2. The van der Waals surface area contributed by atoms with Crippen molar-refractivity contribution < 1.29 is 14.3 Å². The molecule has 1 heterocycles. The summed E-state index contributed by atoms with van der Waals surface area (Å²) in [5.41, 5.74) is 0. The van der Waals surface area contributed by atoms with E-state index in [9.17, 15) is 9.59 Å². The summed E-state index contributed by atoms with van der Waals surface area (Å²) >= 11 is 6.83. The van der Waals surface area contributed by atoms with Crippen LogP contribution in [0.3, 0.4) is 0 Å². The van der Waals surface area contributed by atoms with Gasteiger partial charge in [-0.15, -0.1) is 22.9 Å². The van der Waals surface area contributed by atoms with Gasteiger partial charge in [0.15, 0.2) is 5.78 Å². The van der Waals surface area contributed by atoms with E-state index in [2.05, 4.69) is 10.1 Å². The van der Waals surface area contributed by atoms with Gasteiger partial charge in [-0.05, 0) is 11.4 Å². The topological polar surface area (TPSA) is 55.4 Å². The van der Waals surface area contributed by atoms with E-state index < -0.39 is 12.1 Å². The molecule has 0 aromatic carbocycles. The van der Waals surface area contributed by atoms with E-state index >= 15 is 0 Å². The molecule has 4 nitrogen and oxygen atoms in total. The lowest BCUT2D eigenvalue weighted by Crippen LogP contribution is -2.33. The van der Waals surface area contributed by atoms with Crippen molar-refractivity contribution >= 4 is 34.8 Å². The van der Waals surface area contributed by atoms with Crippen molar-refractivity contribution in [2.45, 2.75) is 6.04 Å². The summed E-state index contributed by atoms with van der Waals surface area (Å²) in [6.45, 7) is 0. The molecule has 0 bridgehead atoms. The van der Waals surface area contributed by atoms with Gasteiger partial charge in [0.25, 0.3) is 0 Å². The number of alkyl halides is 1. The highest BCUT2D eigenvalue weighted by Crippen LogP contribution is 2.20. The average molecular weight is 248 g/mol. The smallest absolute Gasteiger partial charge is 0.407 e. The zero-order valence-electron chi connectivity index (χ0n) is 8.03. The van der Waals surface area contributed by atoms with Crippen LogP contribution < -0.4 is 5.32 Å². The third-order valence-corrected chi connectivity index (χ3v) is 2.93. The molecule has 1 aromatic rings. The molecular weight excluding hydrogens is 238 g/mol. The van der Waals surface area contributed by atoms with Crippen LogP contribution in [-0.4, -0.2) is 24.9 Å². The van der Waals surface area contributed by atoms with Crippen LogP contribution in [0.15, 0.2) is 17.5 Å². The van der Waals surface area contributed by atoms with Gasteiger partial charge in [-0.3, -0.25) is 4.79 Å². The molecular formula is C9H10ClNO3S. The van der Waals surface area contributed by atoms with Crippen molar-refractivity contribution in [1.29, 1.82) is 0 Å². The maximum Gasteiger partial charge on any atom is 0.407 e. The fourth-order valence-electron chi connectivity index (χ4n) is 1.02. The fourth-order valence-corrected chi connectivity index (χ4v) is 1.97. The standard InChI is InChI=1S/C9H10ClNO3S/c1-14-9(13)11-8(6(12)5-10)7-3-2-4-15-7/h2-4,8H,5H2,1H3,(H,11,13). The first-order valence-corrected chi connectivity index (χ1v) is 5.57. The number of Topliss-reactive ketones (excluding diaryl/α,β-unsaturated/α-hetero) is 1. The molecule has 0 spiro atoms. The summed E-state index contributed by atoms with van der Waals surface area (Å²) in [7, 11) is 1.24. The van der Waals surface area contributed by atoms with Gasteiger partial charge in [-0.1, -0.05) is 6.07 Å². The number of thiophene rings is 1. The first-order chi connectivity index (χ1) is 7.19. The number of methoxy groups -OCH3 is 1. The van der Waals surface area contributed by atoms with E-state index in [0.29, 0.717) is 0 Å². The molecule has 1 N–H and O–H groups in total. The van der Waals surface area contributed by atoms with Crippen LogP contribution in [0.5, 0.6) is 0 Å². The summed E-state index contributed by atoms with van der Waals surface area (Å²) in [6.07, 6.45) is -0.646. The zero-order chi connectivity index (χ0) is 11.3. The second kappa shape index (κ2) is 5.72. The van der Waals surface area contributed by atoms with E-state index in [4.69, 9.17) is 11.6 Å². The number of alkyl carbamates (subject to hydrolysis) is 1. The van der Waals surface area contributed by atoms with E-state index in [1.165, 1.54) is 18.4 Å². The highest BCUT2D eigenvalue weighted by atomic mass is 35.5. The summed E-state index contributed by atoms with van der Waals surface area (Å²) in [6, 6.07) is 2.85. The molecule has 0 fully saturated rings. The second-order valence-electron chi connectivity index (χ2n) is 2.68. The van der Waals surface area contributed by atoms with Crippen LogP contribution in [0.2, 0.25) is 0 Å². The van der Waals surface area contributed by atoms with Gasteiger partial charge in [0.2, 0.25) is 0 Å². The Morgan fingerprint density at radius 1 is 1.67 bits per heavy atom. The van der Waals surface area contributed by atoms with Crippen molar-refractivity contribution in [2.75, 3.05) is 13.0 Å². The Kier molecular flexibility index (Phi) is 4.58. The maximum atomic E-state index is 11.5. The molecule has 1 aromatic heterocycles. The number of amides is 1.